The second-order valence-corrected chi connectivity index (χ2v) is 3.07. The van der Waals surface area contributed by atoms with Gasteiger partial charge in [0, 0.05) is 11.6 Å². The fourth-order valence-electron chi connectivity index (χ4n) is 1.32. The second kappa shape index (κ2) is 3.45. The van der Waals surface area contributed by atoms with Gasteiger partial charge >= 0.3 is 6.03 Å². The van der Waals surface area contributed by atoms with Gasteiger partial charge in [0.15, 0.2) is 0 Å². The van der Waals surface area contributed by atoms with Crippen molar-refractivity contribution in [1.29, 1.82) is 0 Å². The van der Waals surface area contributed by atoms with Gasteiger partial charge in [-0.1, -0.05) is 30.3 Å². The molecule has 0 aliphatic rings. The van der Waals surface area contributed by atoms with Crippen LogP contribution in [0, 0.1) is 0 Å². The maximum Gasteiger partial charge on any atom is 0.341 e. The van der Waals surface area contributed by atoms with Crippen LogP contribution in [0.2, 0.25) is 0 Å². The summed E-state index contributed by atoms with van der Waals surface area (Å²) in [5.74, 6) is 0.237. The zero-order valence-electron chi connectivity index (χ0n) is 7.92. The number of hydrogen-bond donors (Lipinski definition) is 2. The summed E-state index contributed by atoms with van der Waals surface area (Å²) < 4.78 is 0.975. The molecule has 0 bridgehead atoms. The van der Waals surface area contributed by atoms with E-state index in [-0.39, 0.29) is 5.82 Å². The molecule has 0 spiro atoms. The predicted octanol–water partition coefficient (Wildman–Crippen LogP) is 1.06. The van der Waals surface area contributed by atoms with Crippen molar-refractivity contribution in [2.45, 2.75) is 0 Å². The Kier molecular flexibility index (Phi) is 2.13. The lowest BCUT2D eigenvalue weighted by Gasteiger charge is -1.95. The van der Waals surface area contributed by atoms with E-state index >= 15 is 0 Å². The molecule has 15 heavy (non-hydrogen) atoms. The minimum absolute atomic E-state index is 0.237. The van der Waals surface area contributed by atoms with Crippen LogP contribution in [-0.4, -0.2) is 15.8 Å². The van der Waals surface area contributed by atoms with Crippen LogP contribution in [-0.2, 0) is 0 Å². The van der Waals surface area contributed by atoms with Crippen molar-refractivity contribution >= 4 is 11.8 Å². The number of rotatable bonds is 1. The van der Waals surface area contributed by atoms with Crippen molar-refractivity contribution in [3.63, 3.8) is 0 Å². The Hall–Kier alpha value is -2.30. The van der Waals surface area contributed by atoms with Crippen LogP contribution in [0.3, 0.4) is 0 Å². The Morgan fingerprint density at radius 1 is 1.27 bits per heavy atom. The number of anilines is 1. The number of aromatic nitrogens is 2. The van der Waals surface area contributed by atoms with E-state index in [9.17, 15) is 4.79 Å². The van der Waals surface area contributed by atoms with Gasteiger partial charge in [-0.3, -0.25) is 0 Å². The van der Waals surface area contributed by atoms with E-state index in [1.807, 2.05) is 30.3 Å². The minimum Gasteiger partial charge on any atom is -0.383 e. The first kappa shape index (κ1) is 9.26. The highest BCUT2D eigenvalue weighted by molar-refractivity contribution is 5.79. The molecule has 5 nitrogen and oxygen atoms in total. The number of nitrogen functional groups attached to an aromatic ring is 1. The van der Waals surface area contributed by atoms with Crippen molar-refractivity contribution in [2.24, 2.45) is 5.73 Å². The molecule has 2 rings (SSSR count). The molecule has 5 heteroatoms. The van der Waals surface area contributed by atoms with Gasteiger partial charge in [-0.25, -0.2) is 4.79 Å². The third-order valence-electron chi connectivity index (χ3n) is 2.02. The molecule has 0 aliphatic carbocycles. The quantitative estimate of drug-likeness (QED) is 0.724. The highest BCUT2D eigenvalue weighted by atomic mass is 16.2. The summed E-state index contributed by atoms with van der Waals surface area (Å²) in [7, 11) is 0. The van der Waals surface area contributed by atoms with Crippen molar-refractivity contribution in [3.8, 4) is 11.3 Å². The van der Waals surface area contributed by atoms with Gasteiger partial charge < -0.3 is 11.5 Å². The van der Waals surface area contributed by atoms with Crippen LogP contribution >= 0.6 is 0 Å². The molecule has 1 aromatic heterocycles. The first-order chi connectivity index (χ1) is 7.18. The van der Waals surface area contributed by atoms with Crippen LogP contribution in [0.1, 0.15) is 0 Å². The van der Waals surface area contributed by atoms with Crippen LogP contribution in [0.4, 0.5) is 10.6 Å². The van der Waals surface area contributed by atoms with Gasteiger partial charge in [0.1, 0.15) is 5.82 Å². The highest BCUT2D eigenvalue weighted by Crippen LogP contribution is 2.19. The van der Waals surface area contributed by atoms with Crippen LogP contribution in [0.25, 0.3) is 11.3 Å². The van der Waals surface area contributed by atoms with Crippen molar-refractivity contribution in [1.82, 2.24) is 9.78 Å². The van der Waals surface area contributed by atoms with Gasteiger partial charge in [0.25, 0.3) is 0 Å². The van der Waals surface area contributed by atoms with Gasteiger partial charge in [0.2, 0.25) is 0 Å². The Balaban J connectivity index is 2.48. The van der Waals surface area contributed by atoms with Crippen LogP contribution in [0.5, 0.6) is 0 Å². The average molecular weight is 202 g/mol. The SMILES string of the molecule is NC(=O)n1nc(-c2ccccc2)cc1N. The first-order valence-corrected chi connectivity index (χ1v) is 4.39. The Morgan fingerprint density at radius 3 is 2.47 bits per heavy atom. The van der Waals surface area contributed by atoms with Gasteiger partial charge in [-0.2, -0.15) is 9.78 Å². The molecule has 0 aliphatic heterocycles. The molecular formula is C10H10N4O. The summed E-state index contributed by atoms with van der Waals surface area (Å²) in [6, 6.07) is 10.4. The molecule has 0 unspecified atom stereocenters. The Morgan fingerprint density at radius 2 is 1.93 bits per heavy atom. The molecule has 0 radical (unpaired) electrons. The molecule has 0 saturated carbocycles. The molecule has 1 aromatic carbocycles. The lowest BCUT2D eigenvalue weighted by molar-refractivity contribution is 0.248. The summed E-state index contributed by atoms with van der Waals surface area (Å²) >= 11 is 0. The Bertz CT molecular complexity index is 489. The zero-order valence-corrected chi connectivity index (χ0v) is 7.92. The van der Waals surface area contributed by atoms with Crippen LogP contribution < -0.4 is 11.5 Å². The predicted molar refractivity (Wildman–Crippen MR) is 57.1 cm³/mol. The van der Waals surface area contributed by atoms with Crippen LogP contribution in [0.15, 0.2) is 36.4 Å². The fraction of sp³-hybridized carbons (Fsp3) is 0. The zero-order chi connectivity index (χ0) is 10.8. The number of carbonyl (C=O) groups excluding carboxylic acids is 1. The molecule has 0 saturated heterocycles. The summed E-state index contributed by atoms with van der Waals surface area (Å²) in [5.41, 5.74) is 12.2. The van der Waals surface area contributed by atoms with E-state index in [1.165, 1.54) is 0 Å². The third kappa shape index (κ3) is 1.67. The molecule has 1 heterocycles. The minimum atomic E-state index is -0.685. The van der Waals surface area contributed by atoms with Gasteiger partial charge in [0.05, 0.1) is 5.69 Å². The largest absolute Gasteiger partial charge is 0.383 e. The molecule has 4 N–H and O–H groups in total. The van der Waals surface area contributed by atoms with E-state index in [2.05, 4.69) is 5.10 Å². The first-order valence-electron chi connectivity index (χ1n) is 4.39. The van der Waals surface area contributed by atoms with Crippen molar-refractivity contribution in [3.05, 3.63) is 36.4 Å². The molecule has 76 valence electrons. The van der Waals surface area contributed by atoms with E-state index in [4.69, 9.17) is 11.5 Å². The van der Waals surface area contributed by atoms with Gasteiger partial charge in [-0.05, 0) is 0 Å². The lowest BCUT2D eigenvalue weighted by Crippen LogP contribution is -2.22. The number of amides is 1. The smallest absolute Gasteiger partial charge is 0.341 e. The normalized spacial score (nSPS) is 10.1. The summed E-state index contributed by atoms with van der Waals surface area (Å²) in [5, 5.41) is 4.00. The number of hydrogen-bond acceptors (Lipinski definition) is 3. The molecular weight excluding hydrogens is 192 g/mol. The molecule has 0 atom stereocenters. The number of carbonyl (C=O) groups is 1. The summed E-state index contributed by atoms with van der Waals surface area (Å²) in [6.07, 6.45) is 0. The fourth-order valence-corrected chi connectivity index (χ4v) is 1.32. The molecule has 0 fully saturated rings. The van der Waals surface area contributed by atoms with E-state index in [0.717, 1.165) is 10.2 Å². The van der Waals surface area contributed by atoms with Crippen molar-refractivity contribution < 1.29 is 4.79 Å². The maximum absolute atomic E-state index is 10.9. The number of nitrogens with two attached hydrogens (primary N) is 2. The number of nitrogens with zero attached hydrogens (tertiary/aromatic N) is 2. The highest BCUT2D eigenvalue weighted by Gasteiger charge is 2.09. The van der Waals surface area contributed by atoms with Crippen molar-refractivity contribution in [2.75, 3.05) is 5.73 Å². The average Bonchev–Trinajstić information content (AvgIpc) is 2.62. The lowest BCUT2D eigenvalue weighted by atomic mass is 10.2. The monoisotopic (exact) mass is 202 g/mol. The summed E-state index contributed by atoms with van der Waals surface area (Å²) in [6.45, 7) is 0. The molecule has 1 amide bonds. The molecule has 2 aromatic rings. The van der Waals surface area contributed by atoms with E-state index in [1.54, 1.807) is 6.07 Å². The third-order valence-corrected chi connectivity index (χ3v) is 2.02. The number of benzene rings is 1. The number of primary amides is 1. The summed E-state index contributed by atoms with van der Waals surface area (Å²) in [4.78, 5) is 10.9. The maximum atomic E-state index is 10.9. The Labute approximate surface area is 86.3 Å². The second-order valence-electron chi connectivity index (χ2n) is 3.07. The van der Waals surface area contributed by atoms with E-state index < -0.39 is 6.03 Å². The standard InChI is InChI=1S/C10H10N4O/c11-9-6-8(13-14(9)10(12)15)7-4-2-1-3-5-7/h1-6H,11H2,(H2,12,15). The van der Waals surface area contributed by atoms with Gasteiger partial charge in [-0.15, -0.1) is 0 Å². The van der Waals surface area contributed by atoms with E-state index in [0.29, 0.717) is 5.69 Å². The topological polar surface area (TPSA) is 86.9 Å².